The highest BCUT2D eigenvalue weighted by molar-refractivity contribution is 5.86. The molecule has 2 aliphatic rings. The Balaban J connectivity index is 1.26. The third kappa shape index (κ3) is 3.15. The van der Waals surface area contributed by atoms with Crippen molar-refractivity contribution in [1.82, 2.24) is 14.8 Å². The lowest BCUT2D eigenvalue weighted by atomic mass is 9.96. The Morgan fingerprint density at radius 3 is 2.78 bits per heavy atom. The maximum absolute atomic E-state index is 6.38. The number of ether oxygens (including phenoxy) is 1. The van der Waals surface area contributed by atoms with Crippen molar-refractivity contribution in [3.8, 4) is 5.75 Å². The minimum atomic E-state index is 0.262. The minimum absolute atomic E-state index is 0.262. The number of hydrogen-bond acceptors (Lipinski definition) is 4. The minimum Gasteiger partial charge on any atom is -0.490 e. The van der Waals surface area contributed by atoms with Crippen molar-refractivity contribution >= 4 is 16.7 Å². The van der Waals surface area contributed by atoms with E-state index in [2.05, 4.69) is 63.2 Å². The number of nitrogens with zero attached hydrogens (tertiary/aromatic N) is 4. The lowest BCUT2D eigenvalue weighted by Crippen LogP contribution is -2.39. The van der Waals surface area contributed by atoms with Gasteiger partial charge in [0, 0.05) is 44.6 Å². The van der Waals surface area contributed by atoms with E-state index < -0.39 is 0 Å². The summed E-state index contributed by atoms with van der Waals surface area (Å²) in [6, 6.07) is 10.7. The summed E-state index contributed by atoms with van der Waals surface area (Å²) < 4.78 is 8.52. The molecular weight excluding hydrogens is 336 g/mol. The molecule has 0 unspecified atom stereocenters. The molecular formula is C22H26N4O. The van der Waals surface area contributed by atoms with Crippen LogP contribution in [0.4, 0.5) is 5.82 Å². The van der Waals surface area contributed by atoms with Crippen molar-refractivity contribution in [1.29, 1.82) is 0 Å². The zero-order valence-electron chi connectivity index (χ0n) is 15.9. The highest BCUT2D eigenvalue weighted by Crippen LogP contribution is 2.30. The molecule has 0 radical (unpaired) electrons. The van der Waals surface area contributed by atoms with Gasteiger partial charge in [0.05, 0.1) is 11.2 Å². The molecule has 0 atom stereocenters. The van der Waals surface area contributed by atoms with Gasteiger partial charge in [-0.1, -0.05) is 6.07 Å². The van der Waals surface area contributed by atoms with Crippen LogP contribution in [0.3, 0.4) is 0 Å². The first-order valence-corrected chi connectivity index (χ1v) is 10.1. The van der Waals surface area contributed by atoms with E-state index in [1.807, 2.05) is 0 Å². The maximum atomic E-state index is 6.38. The Hall–Kier alpha value is -2.56. The van der Waals surface area contributed by atoms with Crippen molar-refractivity contribution in [3.05, 3.63) is 47.8 Å². The molecule has 5 rings (SSSR count). The predicted molar refractivity (Wildman–Crippen MR) is 107 cm³/mol. The number of hydrogen-bond donors (Lipinski definition) is 0. The first-order chi connectivity index (χ1) is 13.3. The number of benzene rings is 1. The third-order valence-corrected chi connectivity index (χ3v) is 6.00. The van der Waals surface area contributed by atoms with Crippen LogP contribution in [-0.4, -0.2) is 34.0 Å². The summed E-state index contributed by atoms with van der Waals surface area (Å²) in [6.07, 6.45) is 9.15. The standard InChI is InChI=1S/C22H26N4O/c1-25-12-11-18-20(25)7-4-8-21(18)27-17-9-13-26(14-10-17)22-15-16-5-2-3-6-19(16)23-24-22/h4,7-8,11-12,15,17H,2-3,5-6,9-10,13-14H2,1H3. The van der Waals surface area contributed by atoms with Gasteiger partial charge in [-0.25, -0.2) is 0 Å². The van der Waals surface area contributed by atoms with Crippen molar-refractivity contribution in [2.45, 2.75) is 44.6 Å². The Bertz CT molecular complexity index is 956. The molecule has 3 heterocycles. The van der Waals surface area contributed by atoms with Gasteiger partial charge in [0.2, 0.25) is 0 Å². The van der Waals surface area contributed by atoms with E-state index in [4.69, 9.17) is 4.74 Å². The summed E-state index contributed by atoms with van der Waals surface area (Å²) in [5, 5.41) is 10.2. The molecule has 3 aromatic rings. The highest BCUT2D eigenvalue weighted by Gasteiger charge is 2.23. The van der Waals surface area contributed by atoms with E-state index in [9.17, 15) is 0 Å². The van der Waals surface area contributed by atoms with Crippen LogP contribution in [0, 0.1) is 0 Å². The molecule has 0 spiro atoms. The van der Waals surface area contributed by atoms with Crippen LogP contribution in [0.25, 0.3) is 10.9 Å². The van der Waals surface area contributed by atoms with Crippen LogP contribution >= 0.6 is 0 Å². The summed E-state index contributed by atoms with van der Waals surface area (Å²) >= 11 is 0. The molecule has 0 saturated carbocycles. The molecule has 5 heteroatoms. The monoisotopic (exact) mass is 362 g/mol. The topological polar surface area (TPSA) is 43.2 Å². The molecule has 1 fully saturated rings. The second kappa shape index (κ2) is 6.87. The largest absolute Gasteiger partial charge is 0.490 e. The van der Waals surface area contributed by atoms with Gasteiger partial charge in [0.1, 0.15) is 11.9 Å². The zero-order chi connectivity index (χ0) is 18.2. The number of anilines is 1. The normalized spacial score (nSPS) is 17.9. The fraction of sp³-hybridized carbons (Fsp3) is 0.455. The fourth-order valence-corrected chi connectivity index (χ4v) is 4.39. The summed E-state index contributed by atoms with van der Waals surface area (Å²) in [5.41, 5.74) is 3.83. The fourth-order valence-electron chi connectivity index (χ4n) is 4.39. The van der Waals surface area contributed by atoms with Crippen molar-refractivity contribution < 1.29 is 4.74 Å². The van der Waals surface area contributed by atoms with E-state index >= 15 is 0 Å². The molecule has 0 bridgehead atoms. The van der Waals surface area contributed by atoms with Gasteiger partial charge < -0.3 is 14.2 Å². The summed E-state index contributed by atoms with van der Waals surface area (Å²) in [7, 11) is 2.07. The van der Waals surface area contributed by atoms with E-state index in [1.54, 1.807) is 0 Å². The lowest BCUT2D eigenvalue weighted by Gasteiger charge is -2.33. The second-order valence-corrected chi connectivity index (χ2v) is 7.80. The first-order valence-electron chi connectivity index (χ1n) is 10.1. The van der Waals surface area contributed by atoms with Crippen LogP contribution in [-0.2, 0) is 19.9 Å². The summed E-state index contributed by atoms with van der Waals surface area (Å²) in [5.74, 6) is 2.04. The molecule has 1 saturated heterocycles. The lowest BCUT2D eigenvalue weighted by molar-refractivity contribution is 0.173. The van der Waals surface area contributed by atoms with Crippen LogP contribution < -0.4 is 9.64 Å². The highest BCUT2D eigenvalue weighted by atomic mass is 16.5. The van der Waals surface area contributed by atoms with E-state index in [1.165, 1.54) is 35.0 Å². The van der Waals surface area contributed by atoms with Gasteiger partial charge >= 0.3 is 0 Å². The Morgan fingerprint density at radius 2 is 1.89 bits per heavy atom. The van der Waals surface area contributed by atoms with Crippen LogP contribution in [0.15, 0.2) is 36.5 Å². The number of aromatic nitrogens is 3. The number of piperidine rings is 1. The molecule has 140 valence electrons. The van der Waals surface area contributed by atoms with Crippen LogP contribution in [0.2, 0.25) is 0 Å². The molecule has 0 amide bonds. The quantitative estimate of drug-likeness (QED) is 0.709. The molecule has 1 aliphatic carbocycles. The summed E-state index contributed by atoms with van der Waals surface area (Å²) in [6.45, 7) is 1.95. The van der Waals surface area contributed by atoms with Gasteiger partial charge in [-0.15, -0.1) is 5.10 Å². The number of aryl methyl sites for hydroxylation is 3. The second-order valence-electron chi connectivity index (χ2n) is 7.80. The molecule has 2 aromatic heterocycles. The summed E-state index contributed by atoms with van der Waals surface area (Å²) in [4.78, 5) is 2.37. The van der Waals surface area contributed by atoms with Gasteiger partial charge in [-0.05, 0) is 55.5 Å². The molecule has 1 aromatic carbocycles. The third-order valence-electron chi connectivity index (χ3n) is 6.00. The Morgan fingerprint density at radius 1 is 1.04 bits per heavy atom. The Labute approximate surface area is 160 Å². The molecule has 1 aliphatic heterocycles. The molecule has 5 nitrogen and oxygen atoms in total. The van der Waals surface area contributed by atoms with Crippen molar-refractivity contribution in [2.24, 2.45) is 7.05 Å². The maximum Gasteiger partial charge on any atom is 0.151 e. The van der Waals surface area contributed by atoms with Crippen LogP contribution in [0.1, 0.15) is 36.9 Å². The van der Waals surface area contributed by atoms with Gasteiger partial charge in [0.15, 0.2) is 5.82 Å². The first kappa shape index (κ1) is 16.6. The predicted octanol–water partition coefficient (Wildman–Crippen LogP) is 3.89. The van der Waals surface area contributed by atoms with E-state index in [-0.39, 0.29) is 6.10 Å². The number of fused-ring (bicyclic) bond motifs is 2. The average Bonchev–Trinajstić information content (AvgIpc) is 3.10. The molecule has 0 N–H and O–H groups in total. The van der Waals surface area contributed by atoms with Crippen molar-refractivity contribution in [3.63, 3.8) is 0 Å². The van der Waals surface area contributed by atoms with Gasteiger partial charge in [0.25, 0.3) is 0 Å². The number of rotatable bonds is 3. The van der Waals surface area contributed by atoms with Crippen molar-refractivity contribution in [2.75, 3.05) is 18.0 Å². The van der Waals surface area contributed by atoms with E-state index in [0.717, 1.165) is 50.3 Å². The van der Waals surface area contributed by atoms with E-state index in [0.29, 0.717) is 0 Å². The van der Waals surface area contributed by atoms with Gasteiger partial charge in [-0.3, -0.25) is 0 Å². The molecule has 27 heavy (non-hydrogen) atoms. The Kier molecular flexibility index (Phi) is 4.23. The zero-order valence-corrected chi connectivity index (χ0v) is 15.9. The average molecular weight is 362 g/mol. The van der Waals surface area contributed by atoms with Crippen LogP contribution in [0.5, 0.6) is 5.75 Å². The SMILES string of the molecule is Cn1ccc2c(OC3CCN(c4cc5c(nn4)CCCC5)CC3)cccc21. The van der Waals surface area contributed by atoms with Gasteiger partial charge in [-0.2, -0.15) is 5.10 Å². The smallest absolute Gasteiger partial charge is 0.151 e.